The summed E-state index contributed by atoms with van der Waals surface area (Å²) in [7, 11) is 0.554. The summed E-state index contributed by atoms with van der Waals surface area (Å²) in [5.74, 6) is -8.55. The minimum Gasteiger partial charge on any atom is -0.464 e. The zero-order valence-electron chi connectivity index (χ0n) is 28.4. The summed E-state index contributed by atoms with van der Waals surface area (Å²) < 4.78 is 66.3. The monoisotopic (exact) mass is 782 g/mol. The number of alkyl carbamates (subject to hydrolysis) is 1. The Labute approximate surface area is 300 Å². The number of ether oxygens (including phenoxy) is 2. The molecule has 3 N–H and O–H groups in total. The number of hydrogen-bond donors (Lipinski definition) is 3. The van der Waals surface area contributed by atoms with E-state index in [1.54, 1.807) is 20.8 Å². The molecule has 0 unspecified atom stereocenters. The number of nitrogens with one attached hydrogen (secondary N) is 3. The van der Waals surface area contributed by atoms with E-state index in [0.29, 0.717) is 51.2 Å². The first-order valence-electron chi connectivity index (χ1n) is 16.1. The van der Waals surface area contributed by atoms with Crippen molar-refractivity contribution in [3.8, 4) is 11.3 Å². The highest BCUT2D eigenvalue weighted by atomic mass is 79.9. The Kier molecular flexibility index (Phi) is 12.5. The van der Waals surface area contributed by atoms with Gasteiger partial charge in [0, 0.05) is 34.6 Å². The molecule has 1 atom stereocenters. The average molecular weight is 784 g/mol. The van der Waals surface area contributed by atoms with Crippen LogP contribution in [0, 0.1) is 11.8 Å². The van der Waals surface area contributed by atoms with Crippen LogP contribution in [0.1, 0.15) is 52.0 Å². The van der Waals surface area contributed by atoms with E-state index in [0.717, 1.165) is 10.0 Å². The van der Waals surface area contributed by atoms with Crippen molar-refractivity contribution < 1.29 is 46.2 Å². The minimum absolute atomic E-state index is 0.186. The highest BCUT2D eigenvalue weighted by Crippen LogP contribution is 2.39. The summed E-state index contributed by atoms with van der Waals surface area (Å²) in [5, 5.41) is 15.0. The lowest BCUT2D eigenvalue weighted by molar-refractivity contribution is -0.266. The van der Waals surface area contributed by atoms with Gasteiger partial charge in [0.05, 0.1) is 13.3 Å². The molecule has 51 heavy (non-hydrogen) atoms. The lowest BCUT2D eigenvalue weighted by Gasteiger charge is -2.29. The van der Waals surface area contributed by atoms with Crippen LogP contribution in [0.2, 0.25) is 0 Å². The van der Waals surface area contributed by atoms with Crippen LogP contribution in [-0.4, -0.2) is 70.1 Å². The molecule has 0 radical (unpaired) electrons. The number of carbonyl (C=O) groups is 4. The van der Waals surface area contributed by atoms with Crippen molar-refractivity contribution in [1.29, 1.82) is 0 Å². The van der Waals surface area contributed by atoms with Gasteiger partial charge in [-0.1, -0.05) is 45.4 Å². The number of methoxy groups -OCH3 is 1. The second kappa shape index (κ2) is 16.2. The Morgan fingerprint density at radius 1 is 0.961 bits per heavy atom. The lowest BCUT2D eigenvalue weighted by atomic mass is 9.81. The van der Waals surface area contributed by atoms with E-state index < -0.39 is 46.3 Å². The molecule has 12 nitrogen and oxygen atoms in total. The molecule has 1 aliphatic rings. The Bertz CT molecular complexity index is 1690. The highest BCUT2D eigenvalue weighted by Gasteiger charge is 2.65. The summed E-state index contributed by atoms with van der Waals surface area (Å²) in [6, 6.07) is 6.96. The number of amides is 3. The van der Waals surface area contributed by atoms with Gasteiger partial charge in [0.1, 0.15) is 17.3 Å². The highest BCUT2D eigenvalue weighted by molar-refractivity contribution is 9.10. The predicted molar refractivity (Wildman–Crippen MR) is 181 cm³/mol. The molecular formula is C34H39BrF4N6O6. The second-order valence-electron chi connectivity index (χ2n) is 13.2. The number of esters is 1. The van der Waals surface area contributed by atoms with Gasteiger partial charge in [-0.05, 0) is 82.2 Å². The summed E-state index contributed by atoms with van der Waals surface area (Å²) in [6.07, 6.45) is 2.84. The first kappa shape index (κ1) is 39.2. The number of benzene rings is 2. The summed E-state index contributed by atoms with van der Waals surface area (Å²) >= 11 is 3.39. The zero-order chi connectivity index (χ0) is 37.6. The van der Waals surface area contributed by atoms with Gasteiger partial charge in [0.2, 0.25) is 11.8 Å². The van der Waals surface area contributed by atoms with E-state index >= 15 is 0 Å². The summed E-state index contributed by atoms with van der Waals surface area (Å²) in [5.41, 5.74) is 0.486. The maximum absolute atomic E-state index is 14.4. The zero-order valence-corrected chi connectivity index (χ0v) is 29.9. The van der Waals surface area contributed by atoms with Crippen LogP contribution in [0.15, 0.2) is 59.2 Å². The molecule has 0 saturated heterocycles. The number of alkyl halides is 4. The van der Waals surface area contributed by atoms with Crippen LogP contribution in [0.4, 0.5) is 28.0 Å². The van der Waals surface area contributed by atoms with Gasteiger partial charge in [-0.15, -0.1) is 5.10 Å². The first-order chi connectivity index (χ1) is 23.9. The van der Waals surface area contributed by atoms with Gasteiger partial charge in [-0.25, -0.2) is 9.59 Å². The fourth-order valence-corrected chi connectivity index (χ4v) is 5.67. The van der Waals surface area contributed by atoms with Gasteiger partial charge in [-0.2, -0.15) is 22.2 Å². The van der Waals surface area contributed by atoms with Crippen molar-refractivity contribution >= 4 is 45.5 Å². The molecule has 276 valence electrons. The maximum atomic E-state index is 14.4. The van der Waals surface area contributed by atoms with Crippen LogP contribution in [0.3, 0.4) is 0 Å². The molecular weight excluding hydrogens is 744 g/mol. The molecule has 3 aromatic rings. The average Bonchev–Trinajstić information content (AvgIpc) is 3.59. The van der Waals surface area contributed by atoms with Crippen molar-refractivity contribution in [2.45, 2.75) is 76.5 Å². The molecule has 3 amide bonds. The molecule has 0 spiro atoms. The van der Waals surface area contributed by atoms with E-state index in [9.17, 15) is 36.7 Å². The van der Waals surface area contributed by atoms with E-state index in [-0.39, 0.29) is 35.4 Å². The number of aromatic nitrogens is 3. The smallest absolute Gasteiger partial charge is 0.426 e. The number of rotatable bonds is 12. The molecule has 4 rings (SSSR count). The fraction of sp³-hybridized carbons (Fsp3) is 0.471. The van der Waals surface area contributed by atoms with E-state index in [2.05, 4.69) is 46.9 Å². The number of carbonyl (C=O) groups excluding carboxylic acids is 4. The molecule has 1 fully saturated rings. The number of nitrogens with zero attached hydrogens (tertiary/aromatic N) is 3. The molecule has 0 bridgehead atoms. The third-order valence-corrected chi connectivity index (χ3v) is 8.72. The van der Waals surface area contributed by atoms with E-state index in [1.807, 2.05) is 24.3 Å². The Morgan fingerprint density at radius 3 is 2.18 bits per heavy atom. The van der Waals surface area contributed by atoms with Crippen molar-refractivity contribution in [1.82, 2.24) is 25.6 Å². The van der Waals surface area contributed by atoms with Crippen molar-refractivity contribution in [3.63, 3.8) is 0 Å². The van der Waals surface area contributed by atoms with Gasteiger partial charge in [0.25, 0.3) is 0 Å². The SMILES string of the molecule is COC(=O)C(F)(F)C(F)(F)n1cc(-c2ccc(NC(=O)[C@H](Cc3ccc(Br)cc3)NC(=O)C3CCC(CNC(=O)OC(C)(C)C)CC3)cc2)nn1. The molecule has 2 aromatic carbocycles. The van der Waals surface area contributed by atoms with Crippen LogP contribution < -0.4 is 16.0 Å². The van der Waals surface area contributed by atoms with Gasteiger partial charge < -0.3 is 25.4 Å². The van der Waals surface area contributed by atoms with Crippen molar-refractivity contribution in [2.75, 3.05) is 19.0 Å². The minimum atomic E-state index is -5.21. The standard InChI is InChI=1S/C34H39BrF4N6O6/c1-32(2,3)51-31(49)40-18-21-5-9-23(10-6-21)28(46)42-26(17-20-7-13-24(35)14-8-20)29(47)41-25-15-11-22(12-16-25)27-19-45(44-43-27)34(38,39)33(36,37)30(48)50-4/h7-8,11-16,19,21,23,26H,5-6,9-10,17-18H2,1-4H3,(H,40,49)(H,41,47)(H,42,46)/t21?,23?,26-/m0/s1. The number of hydrogen-bond acceptors (Lipinski definition) is 8. The predicted octanol–water partition coefficient (Wildman–Crippen LogP) is 6.06. The Hall–Kier alpha value is -4.54. The third kappa shape index (κ3) is 10.3. The summed E-state index contributed by atoms with van der Waals surface area (Å²) in [4.78, 5) is 50.2. The van der Waals surface area contributed by atoms with E-state index in [4.69, 9.17) is 4.74 Å². The Morgan fingerprint density at radius 2 is 1.59 bits per heavy atom. The van der Waals surface area contributed by atoms with Crippen LogP contribution in [-0.2, 0) is 36.3 Å². The fourth-order valence-electron chi connectivity index (χ4n) is 5.41. The number of anilines is 1. The maximum Gasteiger partial charge on any atom is 0.426 e. The van der Waals surface area contributed by atoms with Gasteiger partial charge in [-0.3, -0.25) is 9.59 Å². The normalized spacial score (nSPS) is 17.2. The molecule has 1 heterocycles. The third-order valence-electron chi connectivity index (χ3n) is 8.19. The lowest BCUT2D eigenvalue weighted by Crippen LogP contribution is -2.49. The molecule has 1 aromatic heterocycles. The van der Waals surface area contributed by atoms with Crippen LogP contribution in [0.5, 0.6) is 0 Å². The Balaban J connectivity index is 1.40. The first-order valence-corrected chi connectivity index (χ1v) is 16.9. The van der Waals surface area contributed by atoms with Crippen LogP contribution >= 0.6 is 15.9 Å². The largest absolute Gasteiger partial charge is 0.464 e. The van der Waals surface area contributed by atoms with Gasteiger partial charge in [0.15, 0.2) is 0 Å². The van der Waals surface area contributed by atoms with Crippen molar-refractivity contribution in [2.24, 2.45) is 11.8 Å². The van der Waals surface area contributed by atoms with Crippen LogP contribution in [0.25, 0.3) is 11.3 Å². The van der Waals surface area contributed by atoms with E-state index in [1.165, 1.54) is 24.3 Å². The molecule has 1 saturated carbocycles. The topological polar surface area (TPSA) is 154 Å². The molecule has 0 aliphatic heterocycles. The van der Waals surface area contributed by atoms with Gasteiger partial charge >= 0.3 is 24.0 Å². The molecule has 1 aliphatic carbocycles. The second-order valence-corrected chi connectivity index (χ2v) is 14.1. The summed E-state index contributed by atoms with van der Waals surface area (Å²) in [6.45, 7) is 5.79. The molecule has 17 heteroatoms. The number of halogens is 5. The van der Waals surface area contributed by atoms with Crippen molar-refractivity contribution in [3.05, 3.63) is 64.8 Å². The quantitative estimate of drug-likeness (QED) is 0.148.